The average molecular weight is 359 g/mol. The molecule has 9 nitrogen and oxygen atoms in total. The van der Waals surface area contributed by atoms with Crippen molar-refractivity contribution in [1.82, 2.24) is 9.91 Å². The van der Waals surface area contributed by atoms with Crippen LogP contribution in [0.1, 0.15) is 4.88 Å². The Bertz CT molecular complexity index is 835. The lowest BCUT2D eigenvalue weighted by Gasteiger charge is -2.14. The minimum absolute atomic E-state index is 0.00179. The molecule has 1 N–H and O–H groups in total. The van der Waals surface area contributed by atoms with Crippen molar-refractivity contribution >= 4 is 40.3 Å². The number of thiophene rings is 1. The van der Waals surface area contributed by atoms with E-state index >= 15 is 0 Å². The van der Waals surface area contributed by atoms with Crippen molar-refractivity contribution in [1.29, 1.82) is 0 Å². The largest absolute Gasteiger partial charge is 0.348 e. The molecule has 1 aromatic heterocycles. The molecule has 1 fully saturated rings. The summed E-state index contributed by atoms with van der Waals surface area (Å²) < 4.78 is 0. The molecule has 1 aromatic carbocycles. The Morgan fingerprint density at radius 3 is 2.68 bits per heavy atom. The van der Waals surface area contributed by atoms with Gasteiger partial charge in [0.1, 0.15) is 0 Å². The van der Waals surface area contributed by atoms with Crippen LogP contribution in [-0.2, 0) is 0 Å². The summed E-state index contributed by atoms with van der Waals surface area (Å²) >= 11 is 0.955. The van der Waals surface area contributed by atoms with E-state index in [2.05, 4.69) is 10.4 Å². The van der Waals surface area contributed by atoms with Gasteiger partial charge >= 0.3 is 17.1 Å². The fourth-order valence-electron chi connectivity index (χ4n) is 2.17. The molecule has 10 heteroatoms. The maximum Gasteiger partial charge on any atom is 0.348 e. The maximum atomic E-state index is 12.2. The van der Waals surface area contributed by atoms with Crippen molar-refractivity contribution in [2.24, 2.45) is 5.10 Å². The van der Waals surface area contributed by atoms with Gasteiger partial charge in [-0.15, -0.1) is 0 Å². The van der Waals surface area contributed by atoms with Crippen molar-refractivity contribution < 1.29 is 14.5 Å². The molecule has 0 bridgehead atoms. The summed E-state index contributed by atoms with van der Waals surface area (Å²) in [6, 6.07) is 10.7. The van der Waals surface area contributed by atoms with Gasteiger partial charge in [-0.2, -0.15) is 5.10 Å². The maximum absolute atomic E-state index is 12.2. The Labute approximate surface area is 146 Å². The zero-order valence-electron chi connectivity index (χ0n) is 12.9. The fraction of sp³-hybridized carbons (Fsp3) is 0.133. The van der Waals surface area contributed by atoms with Crippen LogP contribution in [0.25, 0.3) is 0 Å². The van der Waals surface area contributed by atoms with E-state index < -0.39 is 17.0 Å². The predicted molar refractivity (Wildman–Crippen MR) is 92.8 cm³/mol. The van der Waals surface area contributed by atoms with Gasteiger partial charge in [0.15, 0.2) is 0 Å². The molecule has 1 aliphatic rings. The number of urea groups is 2. The van der Waals surface area contributed by atoms with E-state index in [-0.39, 0.29) is 18.1 Å². The highest BCUT2D eigenvalue weighted by atomic mass is 32.1. The number of carbonyl (C=O) groups is 2. The average Bonchev–Trinajstić information content (AvgIpc) is 3.21. The molecule has 0 unspecified atom stereocenters. The van der Waals surface area contributed by atoms with E-state index in [1.165, 1.54) is 12.3 Å². The second kappa shape index (κ2) is 7.09. The van der Waals surface area contributed by atoms with E-state index in [0.717, 1.165) is 21.2 Å². The van der Waals surface area contributed by atoms with Crippen LogP contribution in [0, 0.1) is 10.1 Å². The summed E-state index contributed by atoms with van der Waals surface area (Å²) in [6.45, 7) is 0.463. The quantitative estimate of drug-likeness (QED) is 0.514. The summed E-state index contributed by atoms with van der Waals surface area (Å²) in [5, 5.41) is 18.4. The van der Waals surface area contributed by atoms with Gasteiger partial charge in [-0.3, -0.25) is 10.1 Å². The Morgan fingerprint density at radius 2 is 2.00 bits per heavy atom. The number of imide groups is 1. The molecule has 0 radical (unpaired) electrons. The first kappa shape index (κ1) is 16.6. The Hall–Kier alpha value is -3.27. The smallest absolute Gasteiger partial charge is 0.307 e. The van der Waals surface area contributed by atoms with Crippen LogP contribution in [0.4, 0.5) is 20.3 Å². The van der Waals surface area contributed by atoms with Crippen LogP contribution in [0.15, 0.2) is 47.6 Å². The molecule has 0 aliphatic carbocycles. The summed E-state index contributed by atoms with van der Waals surface area (Å²) in [5.74, 6) is 0. The lowest BCUT2D eigenvalue weighted by atomic mass is 10.3. The first-order valence-corrected chi connectivity index (χ1v) is 8.09. The number of benzene rings is 1. The van der Waals surface area contributed by atoms with Crippen LogP contribution in [0.2, 0.25) is 0 Å². The molecule has 0 saturated carbocycles. The minimum atomic E-state index is -0.546. The van der Waals surface area contributed by atoms with Crippen LogP contribution < -0.4 is 5.32 Å². The lowest BCUT2D eigenvalue weighted by Crippen LogP contribution is -2.37. The van der Waals surface area contributed by atoms with Crippen LogP contribution in [0.3, 0.4) is 0 Å². The first-order valence-electron chi connectivity index (χ1n) is 7.28. The SMILES string of the molecule is O=C(Nc1ccccc1)N1CCN(/N=C/c2ccc([N+](=O)[O-])s2)C1=O. The number of nitrogens with zero attached hydrogens (tertiary/aromatic N) is 4. The molecular weight excluding hydrogens is 346 g/mol. The topological polar surface area (TPSA) is 108 Å². The summed E-state index contributed by atoms with van der Waals surface area (Å²) in [6.07, 6.45) is 1.37. The number of nitrogens with one attached hydrogen (secondary N) is 1. The number of anilines is 1. The molecule has 2 aromatic rings. The van der Waals surface area contributed by atoms with Gasteiger partial charge in [-0.05, 0) is 18.2 Å². The van der Waals surface area contributed by atoms with E-state index in [0.29, 0.717) is 10.6 Å². The number of hydrazone groups is 1. The van der Waals surface area contributed by atoms with E-state index in [4.69, 9.17) is 0 Å². The number of hydrogen-bond donors (Lipinski definition) is 1. The number of hydrogen-bond acceptors (Lipinski definition) is 6. The third-order valence-corrected chi connectivity index (χ3v) is 4.35. The number of nitro groups is 1. The molecule has 0 atom stereocenters. The van der Waals surface area contributed by atoms with Gasteiger partial charge in [0.2, 0.25) is 0 Å². The summed E-state index contributed by atoms with van der Waals surface area (Å²) in [4.78, 5) is 36.2. The minimum Gasteiger partial charge on any atom is -0.307 e. The molecule has 4 amide bonds. The van der Waals surface area contributed by atoms with E-state index in [9.17, 15) is 19.7 Å². The van der Waals surface area contributed by atoms with Crippen molar-refractivity contribution in [2.45, 2.75) is 0 Å². The Kier molecular flexibility index (Phi) is 4.70. The third kappa shape index (κ3) is 3.80. The fourth-order valence-corrected chi connectivity index (χ4v) is 2.86. The lowest BCUT2D eigenvalue weighted by molar-refractivity contribution is -0.380. The molecule has 1 aliphatic heterocycles. The first-order chi connectivity index (χ1) is 12.0. The predicted octanol–water partition coefficient (Wildman–Crippen LogP) is 2.96. The standard InChI is InChI=1S/C15H13N5O4S/c21-14(17-11-4-2-1-3-5-11)18-8-9-19(15(18)22)16-10-12-6-7-13(25-12)20(23)24/h1-7,10H,8-9H2,(H,17,21)/b16-10+. The van der Waals surface area contributed by atoms with Crippen molar-refractivity contribution in [3.05, 3.63) is 57.5 Å². The van der Waals surface area contributed by atoms with Gasteiger partial charge in [0.25, 0.3) is 0 Å². The molecule has 2 heterocycles. The van der Waals surface area contributed by atoms with Gasteiger partial charge in [0.05, 0.1) is 29.1 Å². The molecule has 25 heavy (non-hydrogen) atoms. The van der Waals surface area contributed by atoms with Gasteiger partial charge in [-0.1, -0.05) is 29.5 Å². The molecule has 3 rings (SSSR count). The number of amides is 4. The third-order valence-electron chi connectivity index (χ3n) is 3.37. The van der Waals surface area contributed by atoms with E-state index in [1.807, 2.05) is 6.07 Å². The molecule has 0 spiro atoms. The van der Waals surface area contributed by atoms with Crippen molar-refractivity contribution in [3.8, 4) is 0 Å². The summed E-state index contributed by atoms with van der Waals surface area (Å²) in [5.41, 5.74) is 0.591. The second-order valence-corrected chi connectivity index (χ2v) is 6.13. The Balaban J connectivity index is 1.62. The highest BCUT2D eigenvalue weighted by Crippen LogP contribution is 2.22. The van der Waals surface area contributed by atoms with E-state index in [1.54, 1.807) is 30.3 Å². The molecular formula is C15H13N5O4S. The van der Waals surface area contributed by atoms with Crippen LogP contribution in [0.5, 0.6) is 0 Å². The van der Waals surface area contributed by atoms with Gasteiger partial charge in [0, 0.05) is 11.8 Å². The zero-order valence-corrected chi connectivity index (χ0v) is 13.7. The Morgan fingerprint density at radius 1 is 1.24 bits per heavy atom. The number of carbonyl (C=O) groups excluding carboxylic acids is 2. The monoisotopic (exact) mass is 359 g/mol. The van der Waals surface area contributed by atoms with Crippen molar-refractivity contribution in [3.63, 3.8) is 0 Å². The van der Waals surface area contributed by atoms with Gasteiger partial charge in [-0.25, -0.2) is 19.5 Å². The zero-order chi connectivity index (χ0) is 17.8. The molecule has 1 saturated heterocycles. The number of rotatable bonds is 4. The van der Waals surface area contributed by atoms with Gasteiger partial charge < -0.3 is 5.32 Å². The highest BCUT2D eigenvalue weighted by molar-refractivity contribution is 7.16. The van der Waals surface area contributed by atoms with Crippen LogP contribution >= 0.6 is 11.3 Å². The normalized spacial score (nSPS) is 14.3. The highest BCUT2D eigenvalue weighted by Gasteiger charge is 2.33. The number of para-hydroxylation sites is 1. The molecule has 128 valence electrons. The second-order valence-electron chi connectivity index (χ2n) is 5.03. The summed E-state index contributed by atoms with van der Waals surface area (Å²) in [7, 11) is 0. The van der Waals surface area contributed by atoms with Crippen molar-refractivity contribution in [2.75, 3.05) is 18.4 Å². The van der Waals surface area contributed by atoms with Crippen LogP contribution in [-0.4, -0.2) is 46.2 Å².